The van der Waals surface area contributed by atoms with E-state index in [1.54, 1.807) is 12.3 Å². The first-order chi connectivity index (χ1) is 4.74. The van der Waals surface area contributed by atoms with Crippen LogP contribution in [0.25, 0.3) is 6.08 Å². The monoisotopic (exact) mass is 132 g/mol. The summed E-state index contributed by atoms with van der Waals surface area (Å²) < 4.78 is 0. The van der Waals surface area contributed by atoms with Crippen molar-refractivity contribution < 1.29 is 0 Å². The molecule has 50 valence electrons. The fourth-order valence-corrected chi connectivity index (χ4v) is 0.766. The summed E-state index contributed by atoms with van der Waals surface area (Å²) in [5.41, 5.74) is 7.52. The number of aromatic nitrogens is 1. The molecule has 0 aromatic carbocycles. The Morgan fingerprint density at radius 2 is 2.40 bits per heavy atom. The number of pyridine rings is 1. The first-order valence-corrected chi connectivity index (χ1v) is 3.08. The molecule has 0 amide bonds. The van der Waals surface area contributed by atoms with Crippen LogP contribution in [0.5, 0.6) is 0 Å². The van der Waals surface area contributed by atoms with Crippen molar-refractivity contribution in [1.82, 2.24) is 4.98 Å². The number of hydrogen-bond acceptors (Lipinski definition) is 2. The van der Waals surface area contributed by atoms with Crippen LogP contribution >= 0.6 is 0 Å². The zero-order valence-corrected chi connectivity index (χ0v) is 5.96. The highest BCUT2D eigenvalue weighted by molar-refractivity contribution is 6.32. The van der Waals surface area contributed by atoms with Crippen LogP contribution in [0.15, 0.2) is 18.8 Å². The zero-order chi connectivity index (χ0) is 7.56. The number of anilines is 1. The average molecular weight is 132 g/mol. The molecule has 1 aromatic rings. The predicted octanol–water partition coefficient (Wildman–Crippen LogP) is -0.435. The first-order valence-electron chi connectivity index (χ1n) is 3.08. The average Bonchev–Trinajstić information content (AvgIpc) is 1.94. The van der Waals surface area contributed by atoms with Crippen molar-refractivity contribution in [1.29, 1.82) is 0 Å². The lowest BCUT2D eigenvalue weighted by Gasteiger charge is -1.98. The molecule has 0 fully saturated rings. The van der Waals surface area contributed by atoms with Gasteiger partial charge < -0.3 is 5.73 Å². The number of rotatable bonds is 1. The molecule has 1 aromatic heterocycles. The third-order valence-electron chi connectivity index (χ3n) is 1.31. The standard InChI is InChI=1S/C7H9BN2/c1-2-5-3-6(8)4-10-7(5)9/h2-4H,1,8H2,(H2,9,10). The molecule has 0 saturated heterocycles. The first kappa shape index (κ1) is 6.87. The van der Waals surface area contributed by atoms with Gasteiger partial charge in [-0.3, -0.25) is 0 Å². The van der Waals surface area contributed by atoms with E-state index in [4.69, 9.17) is 5.73 Å². The number of nitrogens with zero attached hydrogens (tertiary/aromatic N) is 1. The van der Waals surface area contributed by atoms with Crippen LogP contribution < -0.4 is 11.2 Å². The van der Waals surface area contributed by atoms with Crippen LogP contribution in [0.4, 0.5) is 5.82 Å². The van der Waals surface area contributed by atoms with E-state index in [-0.39, 0.29) is 0 Å². The quantitative estimate of drug-likeness (QED) is 0.526. The Morgan fingerprint density at radius 3 is 2.90 bits per heavy atom. The van der Waals surface area contributed by atoms with Crippen LogP contribution in [0.2, 0.25) is 0 Å². The minimum absolute atomic E-state index is 0.542. The van der Waals surface area contributed by atoms with Gasteiger partial charge in [0.1, 0.15) is 13.7 Å². The van der Waals surface area contributed by atoms with Gasteiger partial charge in [0.05, 0.1) is 0 Å². The van der Waals surface area contributed by atoms with Gasteiger partial charge in [0.15, 0.2) is 0 Å². The fraction of sp³-hybridized carbons (Fsp3) is 0. The van der Waals surface area contributed by atoms with Gasteiger partial charge >= 0.3 is 0 Å². The van der Waals surface area contributed by atoms with Gasteiger partial charge in [-0.1, -0.05) is 24.2 Å². The van der Waals surface area contributed by atoms with Gasteiger partial charge in [0.25, 0.3) is 0 Å². The SMILES string of the molecule is Bc1cnc(N)c(C=C)c1. The van der Waals surface area contributed by atoms with E-state index < -0.39 is 0 Å². The van der Waals surface area contributed by atoms with Crippen molar-refractivity contribution in [2.24, 2.45) is 0 Å². The molecule has 10 heavy (non-hydrogen) atoms. The van der Waals surface area contributed by atoms with E-state index in [1.807, 2.05) is 13.9 Å². The number of nitrogen functional groups attached to an aromatic ring is 1. The Bertz CT molecular complexity index is 258. The van der Waals surface area contributed by atoms with Gasteiger partial charge in [-0.15, -0.1) is 0 Å². The van der Waals surface area contributed by atoms with Gasteiger partial charge in [-0.25, -0.2) is 4.98 Å². The highest BCUT2D eigenvalue weighted by Gasteiger charge is 1.93. The predicted molar refractivity (Wildman–Crippen MR) is 46.9 cm³/mol. The van der Waals surface area contributed by atoms with E-state index in [2.05, 4.69) is 11.6 Å². The molecule has 1 heterocycles. The molecule has 3 heteroatoms. The smallest absolute Gasteiger partial charge is 0.141 e. The topological polar surface area (TPSA) is 38.9 Å². The molecule has 0 aliphatic rings. The molecule has 0 aliphatic heterocycles. The van der Waals surface area contributed by atoms with Crippen molar-refractivity contribution in [3.63, 3.8) is 0 Å². The maximum Gasteiger partial charge on any atom is 0.141 e. The van der Waals surface area contributed by atoms with Crippen molar-refractivity contribution in [2.45, 2.75) is 0 Å². The Morgan fingerprint density at radius 1 is 1.70 bits per heavy atom. The molecular formula is C7H9BN2. The zero-order valence-electron chi connectivity index (χ0n) is 5.96. The lowest BCUT2D eigenvalue weighted by atomic mass is 9.97. The van der Waals surface area contributed by atoms with Crippen LogP contribution in [-0.4, -0.2) is 12.8 Å². The normalized spacial score (nSPS) is 9.20. The van der Waals surface area contributed by atoms with E-state index in [0.717, 1.165) is 11.0 Å². The van der Waals surface area contributed by atoms with E-state index in [1.165, 1.54) is 0 Å². The molecule has 0 atom stereocenters. The summed E-state index contributed by atoms with van der Waals surface area (Å²) in [6.45, 7) is 3.61. The largest absolute Gasteiger partial charge is 0.383 e. The molecule has 2 N–H and O–H groups in total. The van der Waals surface area contributed by atoms with Crippen LogP contribution in [0, 0.1) is 0 Å². The summed E-state index contributed by atoms with van der Waals surface area (Å²) >= 11 is 0. The maximum absolute atomic E-state index is 5.52. The van der Waals surface area contributed by atoms with Gasteiger partial charge in [-0.2, -0.15) is 0 Å². The molecule has 0 bridgehead atoms. The van der Waals surface area contributed by atoms with Crippen LogP contribution in [-0.2, 0) is 0 Å². The molecular weight excluding hydrogens is 123 g/mol. The van der Waals surface area contributed by atoms with Crippen molar-refractivity contribution in [2.75, 3.05) is 5.73 Å². The molecule has 0 spiro atoms. The van der Waals surface area contributed by atoms with Gasteiger partial charge in [0.2, 0.25) is 0 Å². The van der Waals surface area contributed by atoms with Gasteiger partial charge in [0, 0.05) is 11.8 Å². The lowest BCUT2D eigenvalue weighted by molar-refractivity contribution is 1.35. The lowest BCUT2D eigenvalue weighted by Crippen LogP contribution is -2.06. The third-order valence-corrected chi connectivity index (χ3v) is 1.31. The second kappa shape index (κ2) is 2.56. The second-order valence-electron chi connectivity index (χ2n) is 2.19. The molecule has 0 aliphatic carbocycles. The van der Waals surface area contributed by atoms with E-state index in [0.29, 0.717) is 5.82 Å². The maximum atomic E-state index is 5.52. The summed E-state index contributed by atoms with van der Waals surface area (Å²) in [6, 6.07) is 1.95. The molecule has 2 nitrogen and oxygen atoms in total. The van der Waals surface area contributed by atoms with E-state index in [9.17, 15) is 0 Å². The minimum Gasteiger partial charge on any atom is -0.383 e. The fourth-order valence-electron chi connectivity index (χ4n) is 0.766. The van der Waals surface area contributed by atoms with Crippen molar-refractivity contribution >= 4 is 25.2 Å². The Kier molecular flexibility index (Phi) is 1.76. The van der Waals surface area contributed by atoms with E-state index >= 15 is 0 Å². The Hall–Kier alpha value is -1.25. The third kappa shape index (κ3) is 1.18. The van der Waals surface area contributed by atoms with Crippen molar-refractivity contribution in [3.05, 3.63) is 24.4 Å². The summed E-state index contributed by atoms with van der Waals surface area (Å²) in [7, 11) is 1.97. The summed E-state index contributed by atoms with van der Waals surface area (Å²) in [5.74, 6) is 0.542. The summed E-state index contributed by atoms with van der Waals surface area (Å²) in [6.07, 6.45) is 3.44. The summed E-state index contributed by atoms with van der Waals surface area (Å²) in [4.78, 5) is 3.96. The Balaban J connectivity index is 3.21. The number of hydrogen-bond donors (Lipinski definition) is 1. The highest BCUT2D eigenvalue weighted by atomic mass is 14.8. The Labute approximate surface area is 61.2 Å². The molecule has 0 saturated carbocycles. The van der Waals surface area contributed by atoms with Crippen LogP contribution in [0.1, 0.15) is 5.56 Å². The molecule has 0 radical (unpaired) electrons. The second-order valence-corrected chi connectivity index (χ2v) is 2.19. The summed E-state index contributed by atoms with van der Waals surface area (Å²) in [5, 5.41) is 0. The molecule has 0 unspecified atom stereocenters. The highest BCUT2D eigenvalue weighted by Crippen LogP contribution is 2.05. The van der Waals surface area contributed by atoms with Crippen LogP contribution in [0.3, 0.4) is 0 Å². The minimum atomic E-state index is 0.542. The number of nitrogens with two attached hydrogens (primary N) is 1. The molecule has 1 rings (SSSR count). The van der Waals surface area contributed by atoms with Gasteiger partial charge in [-0.05, 0) is 0 Å². The van der Waals surface area contributed by atoms with Crippen molar-refractivity contribution in [3.8, 4) is 0 Å².